The molecule has 0 atom stereocenters. The molecule has 0 aliphatic heterocycles. The van der Waals surface area contributed by atoms with E-state index in [1.165, 1.54) is 0 Å². The van der Waals surface area contributed by atoms with Crippen molar-refractivity contribution in [2.24, 2.45) is 0 Å². The van der Waals surface area contributed by atoms with Crippen molar-refractivity contribution < 1.29 is 0 Å². The number of anilines is 2. The van der Waals surface area contributed by atoms with Crippen molar-refractivity contribution in [2.75, 3.05) is 51.4 Å². The maximum absolute atomic E-state index is 6.09. The van der Waals surface area contributed by atoms with Gasteiger partial charge < -0.3 is 20.4 Å². The molecule has 1 aromatic heterocycles. The van der Waals surface area contributed by atoms with Crippen LogP contribution in [0.2, 0.25) is 5.02 Å². The van der Waals surface area contributed by atoms with Gasteiger partial charge >= 0.3 is 0 Å². The number of hydrogen-bond acceptors (Lipinski definition) is 6. The molecule has 1 aromatic rings. The summed E-state index contributed by atoms with van der Waals surface area (Å²) in [6, 6.07) is 0. The van der Waals surface area contributed by atoms with Crippen molar-refractivity contribution >= 4 is 23.4 Å². The van der Waals surface area contributed by atoms with E-state index in [4.69, 9.17) is 11.6 Å². The molecule has 1 heterocycles. The first-order valence-electron chi connectivity index (χ1n) is 8.33. The van der Waals surface area contributed by atoms with E-state index < -0.39 is 0 Å². The molecule has 0 aliphatic rings. The summed E-state index contributed by atoms with van der Waals surface area (Å²) in [6.07, 6.45) is 10.3. The zero-order valence-corrected chi connectivity index (χ0v) is 16.3. The lowest BCUT2D eigenvalue weighted by Crippen LogP contribution is -2.25. The quantitative estimate of drug-likeness (QED) is 0.463. The molecule has 138 valence electrons. The van der Waals surface area contributed by atoms with E-state index in [0.717, 1.165) is 25.2 Å². The molecule has 1 rings (SSSR count). The van der Waals surface area contributed by atoms with E-state index >= 15 is 0 Å². The summed E-state index contributed by atoms with van der Waals surface area (Å²) in [5.41, 5.74) is 1.02. The van der Waals surface area contributed by atoms with Crippen molar-refractivity contribution in [3.05, 3.63) is 47.9 Å². The van der Waals surface area contributed by atoms with Crippen LogP contribution in [0.5, 0.6) is 0 Å². The summed E-state index contributed by atoms with van der Waals surface area (Å²) >= 11 is 6.09. The minimum Gasteiger partial charge on any atom is -0.379 e. The Bertz CT molecular complexity index is 597. The number of rotatable bonds is 11. The van der Waals surface area contributed by atoms with Gasteiger partial charge in [0.15, 0.2) is 5.82 Å². The summed E-state index contributed by atoms with van der Waals surface area (Å²) < 4.78 is 0. The molecule has 6 nitrogen and oxygen atoms in total. The molecule has 0 fully saturated rings. The third kappa shape index (κ3) is 8.56. The number of nitrogens with zero attached hydrogens (tertiary/aromatic N) is 4. The molecule has 0 aromatic carbocycles. The highest BCUT2D eigenvalue weighted by Crippen LogP contribution is 2.20. The number of halogens is 1. The fourth-order valence-electron chi connectivity index (χ4n) is 1.85. The maximum Gasteiger partial charge on any atom is 0.228 e. The number of hydrogen-bond donors (Lipinski definition) is 2. The lowest BCUT2D eigenvalue weighted by molar-refractivity contribution is 0.340. The normalized spacial score (nSPS) is 11.8. The zero-order chi connectivity index (χ0) is 18.7. The van der Waals surface area contributed by atoms with Gasteiger partial charge in [-0.3, -0.25) is 0 Å². The average Bonchev–Trinajstić information content (AvgIpc) is 2.59. The summed E-state index contributed by atoms with van der Waals surface area (Å²) in [7, 11) is 6.20. The molecule has 7 heteroatoms. The fraction of sp³-hybridized carbons (Fsp3) is 0.444. The molecule has 0 aliphatic carbocycles. The minimum absolute atomic E-state index is 0.483. The van der Waals surface area contributed by atoms with Crippen LogP contribution in [0.1, 0.15) is 13.3 Å². The van der Waals surface area contributed by atoms with Crippen molar-refractivity contribution in [1.82, 2.24) is 19.8 Å². The highest BCUT2D eigenvalue weighted by atomic mass is 35.5. The molecule has 0 saturated carbocycles. The van der Waals surface area contributed by atoms with Gasteiger partial charge in [-0.05, 0) is 38.9 Å². The Morgan fingerprint density at radius 3 is 2.72 bits per heavy atom. The van der Waals surface area contributed by atoms with Crippen molar-refractivity contribution in [3.63, 3.8) is 0 Å². The molecule has 0 radical (unpaired) electrons. The van der Waals surface area contributed by atoms with Crippen LogP contribution in [0.15, 0.2) is 42.9 Å². The highest BCUT2D eigenvalue weighted by molar-refractivity contribution is 6.32. The smallest absolute Gasteiger partial charge is 0.228 e. The summed E-state index contributed by atoms with van der Waals surface area (Å²) in [5.74, 6) is 1.10. The van der Waals surface area contributed by atoms with Gasteiger partial charge in [0.2, 0.25) is 5.95 Å². The maximum atomic E-state index is 6.09. The largest absolute Gasteiger partial charge is 0.379 e. The standard InChI is InChI=1S/C18H29ClN6/c1-6-10-20-17-16(19)14-21-18(23-17)22-15(7-2)9-8-11-25(5)13-12-24(3)4/h6,8-9,11,14H,1,7,10,12-13H2,2-5H3,(H2,20,21,22,23)/b11-8+,15-9+. The Morgan fingerprint density at radius 2 is 2.08 bits per heavy atom. The number of allylic oxidation sites excluding steroid dienone is 3. The number of nitrogens with one attached hydrogen (secondary N) is 2. The third-order valence-corrected chi connectivity index (χ3v) is 3.63. The molecular weight excluding hydrogens is 336 g/mol. The predicted molar refractivity (Wildman–Crippen MR) is 108 cm³/mol. The summed E-state index contributed by atoms with van der Waals surface area (Å²) in [6.45, 7) is 8.34. The molecule has 0 spiro atoms. The van der Waals surface area contributed by atoms with Crippen LogP contribution in [0, 0.1) is 0 Å². The average molecular weight is 365 g/mol. The van der Waals surface area contributed by atoms with Crippen molar-refractivity contribution in [2.45, 2.75) is 13.3 Å². The highest BCUT2D eigenvalue weighted by Gasteiger charge is 2.05. The van der Waals surface area contributed by atoms with Gasteiger partial charge in [-0.15, -0.1) is 6.58 Å². The molecule has 2 N–H and O–H groups in total. The van der Waals surface area contributed by atoms with Crippen LogP contribution in [0.25, 0.3) is 0 Å². The molecule has 0 unspecified atom stereocenters. The third-order valence-electron chi connectivity index (χ3n) is 3.35. The van der Waals surface area contributed by atoms with Gasteiger partial charge in [0.1, 0.15) is 5.02 Å². The Hall–Kier alpha value is -2.05. The summed E-state index contributed by atoms with van der Waals surface area (Å²) in [4.78, 5) is 12.9. The molecule has 0 saturated heterocycles. The van der Waals surface area contributed by atoms with Gasteiger partial charge in [-0.1, -0.05) is 24.6 Å². The van der Waals surface area contributed by atoms with Crippen LogP contribution in [0.4, 0.5) is 11.8 Å². The first kappa shape index (κ1) is 21.0. The minimum atomic E-state index is 0.483. The van der Waals surface area contributed by atoms with E-state index in [1.54, 1.807) is 12.3 Å². The topological polar surface area (TPSA) is 56.3 Å². The van der Waals surface area contributed by atoms with Gasteiger partial charge in [-0.25, -0.2) is 4.98 Å². The first-order chi connectivity index (χ1) is 12.0. The van der Waals surface area contributed by atoms with E-state index in [0.29, 0.717) is 23.3 Å². The van der Waals surface area contributed by atoms with Crippen LogP contribution < -0.4 is 10.6 Å². The molecule has 25 heavy (non-hydrogen) atoms. The monoisotopic (exact) mass is 364 g/mol. The van der Waals surface area contributed by atoms with Gasteiger partial charge in [0.25, 0.3) is 0 Å². The van der Waals surface area contributed by atoms with Gasteiger partial charge in [0.05, 0.1) is 6.20 Å². The van der Waals surface area contributed by atoms with E-state index in [-0.39, 0.29) is 0 Å². The fourth-order valence-corrected chi connectivity index (χ4v) is 2.01. The first-order valence-corrected chi connectivity index (χ1v) is 8.70. The van der Waals surface area contributed by atoms with Crippen LogP contribution in [-0.4, -0.2) is 60.5 Å². The van der Waals surface area contributed by atoms with Crippen LogP contribution in [0.3, 0.4) is 0 Å². The van der Waals surface area contributed by atoms with E-state index in [1.807, 2.05) is 12.2 Å². The van der Waals surface area contributed by atoms with E-state index in [9.17, 15) is 0 Å². The molecule has 0 amide bonds. The molecule has 0 bridgehead atoms. The zero-order valence-electron chi connectivity index (χ0n) is 15.6. The predicted octanol–water partition coefficient (Wildman–Crippen LogP) is 3.44. The Morgan fingerprint density at radius 1 is 1.32 bits per heavy atom. The number of likely N-dealkylation sites (N-methyl/N-ethyl adjacent to an activating group) is 2. The van der Waals surface area contributed by atoms with E-state index in [2.05, 4.69) is 71.2 Å². The van der Waals surface area contributed by atoms with Gasteiger partial charge in [0, 0.05) is 32.4 Å². The van der Waals surface area contributed by atoms with Crippen molar-refractivity contribution in [1.29, 1.82) is 0 Å². The lowest BCUT2D eigenvalue weighted by Gasteiger charge is -2.17. The number of aromatic nitrogens is 2. The van der Waals surface area contributed by atoms with Gasteiger partial charge in [-0.2, -0.15) is 4.98 Å². The van der Waals surface area contributed by atoms with Crippen molar-refractivity contribution in [3.8, 4) is 0 Å². The lowest BCUT2D eigenvalue weighted by atomic mass is 10.3. The molecular formula is C18H29ClN6. The second-order valence-electron chi connectivity index (χ2n) is 5.86. The second-order valence-corrected chi connectivity index (χ2v) is 6.26. The van der Waals surface area contributed by atoms with Crippen LogP contribution in [-0.2, 0) is 0 Å². The Balaban J connectivity index is 2.69. The summed E-state index contributed by atoms with van der Waals surface area (Å²) in [5, 5.41) is 6.81. The Kier molecular flexibility index (Phi) is 9.65. The SMILES string of the molecule is C=CCNc1nc(N/C(=C/C=C/N(C)CCN(C)C)CC)ncc1Cl. The Labute approximate surface area is 156 Å². The van der Waals surface area contributed by atoms with Crippen LogP contribution >= 0.6 is 11.6 Å². The second kappa shape index (κ2) is 11.5.